The van der Waals surface area contributed by atoms with Gasteiger partial charge < -0.3 is 20.5 Å². The van der Waals surface area contributed by atoms with Gasteiger partial charge in [-0.3, -0.25) is 9.59 Å². The summed E-state index contributed by atoms with van der Waals surface area (Å²) in [5.41, 5.74) is 3.74. The predicted octanol–water partition coefficient (Wildman–Crippen LogP) is 3.80. The van der Waals surface area contributed by atoms with Crippen LogP contribution in [0.15, 0.2) is 85.1 Å². The molecule has 1 atom stereocenters. The van der Waals surface area contributed by atoms with Gasteiger partial charge in [-0.15, -0.1) is 0 Å². The van der Waals surface area contributed by atoms with Crippen LogP contribution in [0.4, 0.5) is 11.6 Å². The molecule has 0 aliphatic carbocycles. The van der Waals surface area contributed by atoms with Gasteiger partial charge >= 0.3 is 0 Å². The Hall–Kier alpha value is -5.12. The van der Waals surface area contributed by atoms with Gasteiger partial charge in [-0.05, 0) is 48.9 Å². The third-order valence-corrected chi connectivity index (χ3v) is 6.33. The molecule has 1 aliphatic rings. The lowest BCUT2D eigenvalue weighted by Crippen LogP contribution is -2.39. The van der Waals surface area contributed by atoms with Crippen LogP contribution in [-0.2, 0) is 0 Å². The van der Waals surface area contributed by atoms with Gasteiger partial charge in [0.1, 0.15) is 17.1 Å². The number of hydrogen-bond donors (Lipinski definition) is 3. The molecule has 188 valence electrons. The van der Waals surface area contributed by atoms with Crippen LogP contribution < -0.4 is 10.6 Å². The predicted molar refractivity (Wildman–Crippen MR) is 143 cm³/mol. The Balaban J connectivity index is 1.10. The smallest absolute Gasteiger partial charge is 0.272 e. The number of para-hydroxylation sites is 3. The van der Waals surface area contributed by atoms with Gasteiger partial charge in [-0.1, -0.05) is 36.4 Å². The molecule has 5 aromatic rings. The molecule has 1 unspecified atom stereocenters. The molecule has 1 aliphatic heterocycles. The number of benzene rings is 2. The number of likely N-dealkylation sites (tertiary alicyclic amines) is 1. The highest BCUT2D eigenvalue weighted by molar-refractivity contribution is 5.94. The SMILES string of the molecule is O=C(NC1CCN(C(=O)c2ccnc(Nc3ccccc3)n2)C1)c1cccc(-c2nc3ccccc3[nH]2)n1. The van der Waals surface area contributed by atoms with E-state index < -0.39 is 0 Å². The topological polar surface area (TPSA) is 129 Å². The Morgan fingerprint density at radius 3 is 2.58 bits per heavy atom. The number of anilines is 2. The Labute approximate surface area is 218 Å². The molecule has 0 saturated carbocycles. The molecular weight excluding hydrogens is 480 g/mol. The number of pyridine rings is 1. The number of aromatic amines is 1. The van der Waals surface area contributed by atoms with E-state index in [2.05, 4.69) is 35.6 Å². The van der Waals surface area contributed by atoms with Gasteiger partial charge in [0.2, 0.25) is 5.95 Å². The molecule has 0 bridgehead atoms. The van der Waals surface area contributed by atoms with Crippen molar-refractivity contribution in [2.45, 2.75) is 12.5 Å². The number of carbonyl (C=O) groups excluding carboxylic acids is 2. The largest absolute Gasteiger partial charge is 0.346 e. The standard InChI is InChI=1S/C28H24N8O2/c37-26(23-12-6-11-22(32-23)25-33-20-9-4-5-10-21(20)34-25)30-19-14-16-36(17-19)27(38)24-13-15-29-28(35-24)31-18-7-2-1-3-8-18/h1-13,15,19H,14,16-17H2,(H,30,37)(H,33,34)(H,29,31,35). The maximum atomic E-state index is 13.1. The fraction of sp³-hybridized carbons (Fsp3) is 0.143. The fourth-order valence-electron chi connectivity index (χ4n) is 4.44. The zero-order valence-electron chi connectivity index (χ0n) is 20.3. The Morgan fingerprint density at radius 1 is 0.868 bits per heavy atom. The van der Waals surface area contributed by atoms with Gasteiger partial charge in [-0.2, -0.15) is 0 Å². The molecule has 10 nitrogen and oxygen atoms in total. The molecule has 3 aromatic heterocycles. The van der Waals surface area contributed by atoms with Crippen molar-refractivity contribution in [3.63, 3.8) is 0 Å². The molecule has 1 saturated heterocycles. The summed E-state index contributed by atoms with van der Waals surface area (Å²) in [5, 5.41) is 6.11. The number of nitrogens with one attached hydrogen (secondary N) is 3. The van der Waals surface area contributed by atoms with E-state index >= 15 is 0 Å². The number of aromatic nitrogens is 5. The van der Waals surface area contributed by atoms with Crippen LogP contribution in [0.3, 0.4) is 0 Å². The number of carbonyl (C=O) groups is 2. The van der Waals surface area contributed by atoms with E-state index in [1.165, 1.54) is 0 Å². The number of H-pyrrole nitrogens is 1. The van der Waals surface area contributed by atoms with E-state index in [1.807, 2.05) is 60.7 Å². The summed E-state index contributed by atoms with van der Waals surface area (Å²) in [6.45, 7) is 0.904. The number of amides is 2. The van der Waals surface area contributed by atoms with Crippen LogP contribution in [0.5, 0.6) is 0 Å². The van der Waals surface area contributed by atoms with Crippen LogP contribution >= 0.6 is 0 Å². The molecule has 38 heavy (non-hydrogen) atoms. The zero-order valence-corrected chi connectivity index (χ0v) is 20.3. The van der Waals surface area contributed by atoms with Crippen molar-refractivity contribution in [3.05, 3.63) is 96.4 Å². The molecular formula is C28H24N8O2. The fourth-order valence-corrected chi connectivity index (χ4v) is 4.44. The first-order chi connectivity index (χ1) is 18.6. The highest BCUT2D eigenvalue weighted by atomic mass is 16.2. The summed E-state index contributed by atoms with van der Waals surface area (Å²) in [5.74, 6) is 0.454. The molecule has 1 fully saturated rings. The van der Waals surface area contributed by atoms with Crippen molar-refractivity contribution in [2.75, 3.05) is 18.4 Å². The average molecular weight is 505 g/mol. The minimum Gasteiger partial charge on any atom is -0.346 e. The number of hydrogen-bond acceptors (Lipinski definition) is 7. The van der Waals surface area contributed by atoms with Gasteiger partial charge in [0, 0.05) is 31.0 Å². The van der Waals surface area contributed by atoms with Crippen LogP contribution in [0, 0.1) is 0 Å². The van der Waals surface area contributed by atoms with Gasteiger partial charge in [0.25, 0.3) is 11.8 Å². The van der Waals surface area contributed by atoms with Crippen molar-refractivity contribution >= 4 is 34.5 Å². The number of fused-ring (bicyclic) bond motifs is 1. The lowest BCUT2D eigenvalue weighted by molar-refractivity contribution is 0.0777. The molecule has 3 N–H and O–H groups in total. The molecule has 2 amide bonds. The molecule has 2 aromatic carbocycles. The lowest BCUT2D eigenvalue weighted by atomic mass is 10.2. The van der Waals surface area contributed by atoms with Gasteiger partial charge in [-0.25, -0.2) is 19.9 Å². The van der Waals surface area contributed by atoms with E-state index in [4.69, 9.17) is 0 Å². The van der Waals surface area contributed by atoms with E-state index in [0.29, 0.717) is 48.4 Å². The van der Waals surface area contributed by atoms with Crippen molar-refractivity contribution in [1.82, 2.24) is 35.1 Å². The van der Waals surface area contributed by atoms with Crippen LogP contribution in [0.25, 0.3) is 22.6 Å². The van der Waals surface area contributed by atoms with Gasteiger partial charge in [0.15, 0.2) is 5.82 Å². The quantitative estimate of drug-likeness (QED) is 0.321. The van der Waals surface area contributed by atoms with Crippen LogP contribution in [0.1, 0.15) is 27.4 Å². The first-order valence-electron chi connectivity index (χ1n) is 12.3. The summed E-state index contributed by atoms with van der Waals surface area (Å²) in [6.07, 6.45) is 2.20. The van der Waals surface area contributed by atoms with Crippen molar-refractivity contribution in [1.29, 1.82) is 0 Å². The molecule has 0 radical (unpaired) electrons. The normalized spacial score (nSPS) is 14.9. The Kier molecular flexibility index (Phi) is 6.19. The monoisotopic (exact) mass is 504 g/mol. The summed E-state index contributed by atoms with van der Waals surface area (Å²) in [6, 6.07) is 23.9. The van der Waals surface area contributed by atoms with Crippen LogP contribution in [-0.4, -0.2) is 60.8 Å². The maximum Gasteiger partial charge on any atom is 0.272 e. The summed E-state index contributed by atoms with van der Waals surface area (Å²) in [7, 11) is 0. The van der Waals surface area contributed by atoms with E-state index in [0.717, 1.165) is 16.7 Å². The van der Waals surface area contributed by atoms with Gasteiger partial charge in [0.05, 0.1) is 11.0 Å². The van der Waals surface area contributed by atoms with Crippen LogP contribution in [0.2, 0.25) is 0 Å². The number of imidazole rings is 1. The molecule has 10 heteroatoms. The first-order valence-corrected chi connectivity index (χ1v) is 12.3. The second kappa shape index (κ2) is 10.1. The Morgan fingerprint density at radius 2 is 1.71 bits per heavy atom. The second-order valence-electron chi connectivity index (χ2n) is 8.98. The second-order valence-corrected chi connectivity index (χ2v) is 8.98. The summed E-state index contributed by atoms with van der Waals surface area (Å²) < 4.78 is 0. The zero-order chi connectivity index (χ0) is 25.9. The number of rotatable bonds is 6. The first kappa shape index (κ1) is 23.3. The molecule has 4 heterocycles. The van der Waals surface area contributed by atoms with E-state index in [-0.39, 0.29) is 17.9 Å². The van der Waals surface area contributed by atoms with Crippen molar-refractivity contribution < 1.29 is 9.59 Å². The number of nitrogens with zero attached hydrogens (tertiary/aromatic N) is 5. The highest BCUT2D eigenvalue weighted by Gasteiger charge is 2.29. The minimum absolute atomic E-state index is 0.188. The van der Waals surface area contributed by atoms with Crippen molar-refractivity contribution in [3.8, 4) is 11.5 Å². The molecule has 0 spiro atoms. The van der Waals surface area contributed by atoms with E-state index in [1.54, 1.807) is 29.3 Å². The Bertz CT molecular complexity index is 1580. The maximum absolute atomic E-state index is 13.1. The highest BCUT2D eigenvalue weighted by Crippen LogP contribution is 2.20. The summed E-state index contributed by atoms with van der Waals surface area (Å²) >= 11 is 0. The molecule has 6 rings (SSSR count). The summed E-state index contributed by atoms with van der Waals surface area (Å²) in [4.78, 5) is 48.7. The average Bonchev–Trinajstić information content (AvgIpc) is 3.61. The minimum atomic E-state index is -0.293. The third-order valence-electron chi connectivity index (χ3n) is 6.33. The lowest BCUT2D eigenvalue weighted by Gasteiger charge is -2.17. The van der Waals surface area contributed by atoms with E-state index in [9.17, 15) is 9.59 Å². The third kappa shape index (κ3) is 4.92. The van der Waals surface area contributed by atoms with Crippen molar-refractivity contribution in [2.24, 2.45) is 0 Å².